The molecule has 0 spiro atoms. The molecule has 2 rings (SSSR count). The van der Waals surface area contributed by atoms with E-state index in [1.54, 1.807) is 0 Å². The first kappa shape index (κ1) is 32.0. The van der Waals surface area contributed by atoms with Gasteiger partial charge < -0.3 is 39.4 Å². The maximum absolute atomic E-state index is 11.8. The minimum absolute atomic E-state index is 0.874. The van der Waals surface area contributed by atoms with Gasteiger partial charge in [0.15, 0.2) is 24.8 Å². The molecule has 0 aromatic carbocycles. The Morgan fingerprint density at radius 2 is 1.41 bits per heavy atom. The Labute approximate surface area is 208 Å². The van der Waals surface area contributed by atoms with E-state index in [1.807, 2.05) is 0 Å². The molecular formula is C13H23NO20S3. The summed E-state index contributed by atoms with van der Waals surface area (Å²) >= 11 is 0. The first-order chi connectivity index (χ1) is 16.8. The van der Waals surface area contributed by atoms with Gasteiger partial charge in [0.2, 0.25) is 0 Å². The molecule has 2 saturated heterocycles. The van der Waals surface area contributed by atoms with Crippen LogP contribution in [-0.2, 0) is 63.2 Å². The molecule has 0 radical (unpaired) electrons. The molecule has 21 nitrogen and oxygen atoms in total. The smallest absolute Gasteiger partial charge is 0.397 e. The number of nitrogens with one attached hydrogen (secondary N) is 1. The number of aliphatic carboxylic acids is 1. The van der Waals surface area contributed by atoms with Gasteiger partial charge in [-0.1, -0.05) is 0 Å². The molecule has 24 heteroatoms. The lowest BCUT2D eigenvalue weighted by Crippen LogP contribution is -2.68. The van der Waals surface area contributed by atoms with Crippen molar-refractivity contribution in [3.05, 3.63) is 0 Å². The predicted octanol–water partition coefficient (Wildman–Crippen LogP) is -5.60. The van der Waals surface area contributed by atoms with Crippen molar-refractivity contribution in [3.63, 3.8) is 0 Å². The van der Waals surface area contributed by atoms with Gasteiger partial charge in [-0.05, 0) is 0 Å². The van der Waals surface area contributed by atoms with E-state index in [1.165, 1.54) is 4.72 Å². The van der Waals surface area contributed by atoms with Gasteiger partial charge in [0, 0.05) is 7.11 Å². The van der Waals surface area contributed by atoms with Crippen LogP contribution in [0.3, 0.4) is 0 Å². The van der Waals surface area contributed by atoms with E-state index in [2.05, 4.69) is 8.37 Å². The fourth-order valence-electron chi connectivity index (χ4n) is 3.50. The second kappa shape index (κ2) is 11.9. The molecule has 37 heavy (non-hydrogen) atoms. The summed E-state index contributed by atoms with van der Waals surface area (Å²) in [4.78, 5) is 11.8. The van der Waals surface area contributed by atoms with Crippen LogP contribution in [0.4, 0.5) is 0 Å². The van der Waals surface area contributed by atoms with E-state index in [-0.39, 0.29) is 0 Å². The Morgan fingerprint density at radius 3 is 1.84 bits per heavy atom. The molecule has 0 aromatic rings. The van der Waals surface area contributed by atoms with Crippen molar-refractivity contribution in [2.45, 2.75) is 61.3 Å². The lowest BCUT2D eigenvalue weighted by atomic mass is 9.96. The Kier molecular flexibility index (Phi) is 10.3. The zero-order valence-electron chi connectivity index (χ0n) is 18.1. The van der Waals surface area contributed by atoms with Crippen molar-refractivity contribution >= 4 is 37.1 Å². The number of aliphatic hydroxyl groups excluding tert-OH is 3. The van der Waals surface area contributed by atoms with Gasteiger partial charge in [0.1, 0.15) is 36.6 Å². The highest BCUT2D eigenvalue weighted by atomic mass is 32.3. The quantitative estimate of drug-likeness (QED) is 0.101. The number of aliphatic hydroxyl groups is 3. The second-order valence-electron chi connectivity index (χ2n) is 7.40. The molecule has 2 aliphatic rings. The molecule has 0 bridgehead atoms. The van der Waals surface area contributed by atoms with Crippen LogP contribution in [0.2, 0.25) is 0 Å². The number of rotatable bonds is 11. The lowest BCUT2D eigenvalue weighted by molar-refractivity contribution is -0.333. The number of hydrogen-bond acceptors (Lipinski definition) is 16. The Morgan fingerprint density at radius 1 is 0.865 bits per heavy atom. The van der Waals surface area contributed by atoms with Crippen LogP contribution in [0.5, 0.6) is 0 Å². The summed E-state index contributed by atoms with van der Waals surface area (Å²) < 4.78 is 125. The first-order valence-electron chi connectivity index (χ1n) is 9.53. The molecule has 0 amide bonds. The van der Waals surface area contributed by atoms with E-state index in [0.29, 0.717) is 0 Å². The lowest BCUT2D eigenvalue weighted by Gasteiger charge is -2.46. The fraction of sp³-hybridized carbons (Fsp3) is 0.923. The molecular weight excluding hydrogens is 586 g/mol. The van der Waals surface area contributed by atoms with E-state index in [0.717, 1.165) is 7.11 Å². The Bertz CT molecular complexity index is 1120. The predicted molar refractivity (Wildman–Crippen MR) is 107 cm³/mol. The molecule has 0 unspecified atom stereocenters. The minimum atomic E-state index is -5.48. The number of carboxylic acid groups (broad SMARTS) is 1. The highest BCUT2D eigenvalue weighted by molar-refractivity contribution is 7.83. The number of carbonyl (C=O) groups is 1. The molecule has 2 aliphatic heterocycles. The van der Waals surface area contributed by atoms with Crippen LogP contribution in [-0.4, -0.2) is 140 Å². The number of hydrogen-bond donors (Lipinski definition) is 8. The Hall–Kier alpha value is -1.20. The van der Waals surface area contributed by atoms with E-state index in [9.17, 15) is 55.0 Å². The average molecular weight is 610 g/mol. The third-order valence-electron chi connectivity index (χ3n) is 4.89. The van der Waals surface area contributed by atoms with Crippen LogP contribution < -0.4 is 4.72 Å². The van der Waals surface area contributed by atoms with Crippen molar-refractivity contribution in [1.29, 1.82) is 0 Å². The van der Waals surface area contributed by atoms with Gasteiger partial charge in [0.25, 0.3) is 0 Å². The van der Waals surface area contributed by atoms with Crippen molar-refractivity contribution in [2.75, 3.05) is 13.7 Å². The van der Waals surface area contributed by atoms with Gasteiger partial charge in [0.05, 0.1) is 6.61 Å². The summed E-state index contributed by atoms with van der Waals surface area (Å²) in [6.45, 7) is -1.14. The topological polar surface area (TPSA) is 329 Å². The molecule has 218 valence electrons. The summed E-state index contributed by atoms with van der Waals surface area (Å²) in [5.74, 6) is -1.89. The van der Waals surface area contributed by atoms with Crippen LogP contribution in [0.1, 0.15) is 0 Å². The fourth-order valence-corrected chi connectivity index (χ4v) is 5.09. The highest BCUT2D eigenvalue weighted by Crippen LogP contribution is 2.32. The van der Waals surface area contributed by atoms with Crippen LogP contribution >= 0.6 is 0 Å². The Balaban J connectivity index is 2.54. The third-order valence-corrected chi connectivity index (χ3v) is 6.39. The number of ether oxygens (including phenoxy) is 4. The summed E-state index contributed by atoms with van der Waals surface area (Å²) in [5, 5.41) is 39.8. The molecule has 2 heterocycles. The average Bonchev–Trinajstić information content (AvgIpc) is 2.72. The van der Waals surface area contributed by atoms with Crippen LogP contribution in [0, 0.1) is 0 Å². The monoisotopic (exact) mass is 609 g/mol. The minimum Gasteiger partial charge on any atom is -0.479 e. The molecule has 0 aliphatic carbocycles. The maximum Gasteiger partial charge on any atom is 0.397 e. The molecule has 8 N–H and O–H groups in total. The zero-order chi connectivity index (χ0) is 28.5. The van der Waals surface area contributed by atoms with Gasteiger partial charge in [-0.2, -0.15) is 30.0 Å². The van der Waals surface area contributed by atoms with Gasteiger partial charge >= 0.3 is 37.1 Å². The zero-order valence-corrected chi connectivity index (χ0v) is 20.6. The SMILES string of the molecule is CO[C@@H]1O[C@@H](C(=O)O)[C@@H](O[C@H]2O[C@H](CO)[C@@H](O)[C@H](OS(=O)(=O)O)[C@H]2NS(=O)(=O)O)[C@H](O)[C@H]1OS(=O)(=O)O. The second-order valence-corrected chi connectivity index (χ2v) is 10.7. The summed E-state index contributed by atoms with van der Waals surface area (Å²) in [7, 11) is -15.3. The highest BCUT2D eigenvalue weighted by Gasteiger charge is 2.56. The van der Waals surface area contributed by atoms with Crippen molar-refractivity contribution < 1.29 is 91.4 Å². The first-order valence-corrected chi connectivity index (χ1v) is 13.7. The number of carboxylic acids is 1. The van der Waals surface area contributed by atoms with Gasteiger partial charge in [-0.25, -0.2) is 13.2 Å². The normalized spacial score (nSPS) is 37.8. The number of methoxy groups -OCH3 is 1. The standard InChI is InChI=1S/C13H23NO20S3/c1-29-13-9(34-37(26,27)28)6(17)8(10(32-13)11(18)19)31-12-4(14-35(20,21)22)7(33-36(23,24)25)5(16)3(2-15)30-12/h3-10,12-17H,2H2,1H3,(H,18,19)(H,20,21,22)(H,23,24,25)(H,26,27,28)/t3-,4-,5-,6+,7-,8+,9-,10-,12-,13-/m1/s1. The van der Waals surface area contributed by atoms with Crippen molar-refractivity contribution in [1.82, 2.24) is 4.72 Å². The van der Waals surface area contributed by atoms with Crippen molar-refractivity contribution in [2.24, 2.45) is 0 Å². The van der Waals surface area contributed by atoms with E-state index < -0.39 is 105 Å². The van der Waals surface area contributed by atoms with Crippen molar-refractivity contribution in [3.8, 4) is 0 Å². The summed E-state index contributed by atoms with van der Waals surface area (Å²) in [5.41, 5.74) is 0. The molecule has 0 saturated carbocycles. The summed E-state index contributed by atoms with van der Waals surface area (Å²) in [6.07, 6.45) is -20.1. The third kappa shape index (κ3) is 8.65. The van der Waals surface area contributed by atoms with Crippen LogP contribution in [0.25, 0.3) is 0 Å². The largest absolute Gasteiger partial charge is 0.479 e. The molecule has 2 fully saturated rings. The van der Waals surface area contributed by atoms with Crippen LogP contribution in [0.15, 0.2) is 0 Å². The molecule has 10 atom stereocenters. The maximum atomic E-state index is 11.8. The van der Waals surface area contributed by atoms with Gasteiger partial charge in [-0.3, -0.25) is 13.7 Å². The van der Waals surface area contributed by atoms with E-state index >= 15 is 0 Å². The summed E-state index contributed by atoms with van der Waals surface area (Å²) in [6, 6.07) is -2.36. The van der Waals surface area contributed by atoms with Gasteiger partial charge in [-0.15, -0.1) is 0 Å². The van der Waals surface area contributed by atoms with E-state index in [4.69, 9.17) is 28.1 Å². The molecule has 0 aromatic heterocycles.